The topological polar surface area (TPSA) is 71.1 Å². The zero-order chi connectivity index (χ0) is 23.1. The van der Waals surface area contributed by atoms with Crippen LogP contribution < -0.4 is 0 Å². The van der Waals surface area contributed by atoms with Crippen LogP contribution in [0.25, 0.3) is 0 Å². The van der Waals surface area contributed by atoms with Crippen molar-refractivity contribution in [2.24, 2.45) is 0 Å². The summed E-state index contributed by atoms with van der Waals surface area (Å²) in [6.45, 7) is -2.10. The zero-order valence-corrected chi connectivity index (χ0v) is 14.3. The van der Waals surface area contributed by atoms with Gasteiger partial charge in [0.25, 0.3) is 0 Å². The second-order valence-electron chi connectivity index (χ2n) is 5.17. The molecule has 1 unspecified atom stereocenters. The molecule has 0 aliphatic rings. The smallest absolute Gasteiger partial charge is 0.459 e. The lowest BCUT2D eigenvalue weighted by Crippen LogP contribution is -2.45. The second kappa shape index (κ2) is 10.3. The average Bonchev–Trinajstić information content (AvgIpc) is 2.56. The first kappa shape index (κ1) is 27.2. The summed E-state index contributed by atoms with van der Waals surface area (Å²) in [5.74, 6) is -17.0. The molecule has 0 aromatic carbocycles. The molecule has 0 fully saturated rings. The molecule has 16 heteroatoms. The standard InChI is InChI=1S/C13H14F10O6/c1-7(6-29-9(25)11(16,17)13(21,22)23)27-4-2-26-3-5-28-8(24)10(14,15)12(18,19)20/h7H,2-6H2,1H3. The van der Waals surface area contributed by atoms with Gasteiger partial charge in [-0.2, -0.15) is 43.9 Å². The van der Waals surface area contributed by atoms with Gasteiger partial charge < -0.3 is 18.9 Å². The molecule has 0 radical (unpaired) electrons. The molecule has 172 valence electrons. The molecule has 0 heterocycles. The summed E-state index contributed by atoms with van der Waals surface area (Å²) >= 11 is 0. The lowest BCUT2D eigenvalue weighted by Gasteiger charge is -2.19. The first-order valence-electron chi connectivity index (χ1n) is 7.37. The van der Waals surface area contributed by atoms with Gasteiger partial charge in [-0.15, -0.1) is 0 Å². The maximum absolute atomic E-state index is 12.6. The molecule has 0 spiro atoms. The molecule has 0 saturated carbocycles. The Morgan fingerprint density at radius 1 is 0.690 bits per heavy atom. The van der Waals surface area contributed by atoms with Crippen molar-refractivity contribution in [3.8, 4) is 0 Å². The Labute approximate surface area is 156 Å². The molecule has 0 aromatic rings. The predicted octanol–water partition coefficient (Wildman–Crippen LogP) is 2.89. The van der Waals surface area contributed by atoms with E-state index in [9.17, 15) is 53.5 Å². The van der Waals surface area contributed by atoms with E-state index in [0.29, 0.717) is 0 Å². The monoisotopic (exact) mass is 456 g/mol. The van der Waals surface area contributed by atoms with Crippen LogP contribution in [-0.2, 0) is 28.5 Å². The van der Waals surface area contributed by atoms with Crippen LogP contribution in [0.4, 0.5) is 43.9 Å². The first-order valence-corrected chi connectivity index (χ1v) is 7.37. The van der Waals surface area contributed by atoms with E-state index in [1.807, 2.05) is 0 Å². The molecular weight excluding hydrogens is 442 g/mol. The Balaban J connectivity index is 3.98. The van der Waals surface area contributed by atoms with E-state index >= 15 is 0 Å². The fourth-order valence-electron chi connectivity index (χ4n) is 1.26. The molecule has 1 atom stereocenters. The molecule has 6 nitrogen and oxygen atoms in total. The summed E-state index contributed by atoms with van der Waals surface area (Å²) in [7, 11) is 0. The van der Waals surface area contributed by atoms with Gasteiger partial charge in [0.2, 0.25) is 0 Å². The van der Waals surface area contributed by atoms with Crippen molar-refractivity contribution in [1.82, 2.24) is 0 Å². The number of carbonyl (C=O) groups is 2. The Hall–Kier alpha value is -1.84. The zero-order valence-electron chi connectivity index (χ0n) is 14.3. The Bertz CT molecular complexity index is 545. The number of rotatable bonds is 11. The number of hydrogen-bond donors (Lipinski definition) is 0. The summed E-state index contributed by atoms with van der Waals surface area (Å²) in [4.78, 5) is 21.3. The maximum atomic E-state index is 12.6. The number of alkyl halides is 10. The lowest BCUT2D eigenvalue weighted by atomic mass is 10.3. The predicted molar refractivity (Wildman–Crippen MR) is 70.2 cm³/mol. The van der Waals surface area contributed by atoms with E-state index in [1.54, 1.807) is 0 Å². The minimum absolute atomic E-state index is 0.357. The van der Waals surface area contributed by atoms with Crippen molar-refractivity contribution >= 4 is 11.9 Å². The minimum atomic E-state index is -6.13. The second-order valence-corrected chi connectivity index (χ2v) is 5.17. The normalized spacial score (nSPS) is 14.4. The molecule has 0 bridgehead atoms. The van der Waals surface area contributed by atoms with Crippen LogP contribution in [0, 0.1) is 0 Å². The Morgan fingerprint density at radius 2 is 1.10 bits per heavy atom. The number of halogens is 10. The van der Waals surface area contributed by atoms with Crippen LogP contribution in [-0.4, -0.2) is 75.3 Å². The van der Waals surface area contributed by atoms with Gasteiger partial charge in [-0.05, 0) is 6.92 Å². The lowest BCUT2D eigenvalue weighted by molar-refractivity contribution is -0.281. The van der Waals surface area contributed by atoms with Crippen LogP contribution in [0.5, 0.6) is 0 Å². The molecule has 29 heavy (non-hydrogen) atoms. The van der Waals surface area contributed by atoms with E-state index in [-0.39, 0.29) is 13.2 Å². The Kier molecular flexibility index (Phi) is 9.62. The fourth-order valence-corrected chi connectivity index (χ4v) is 1.26. The van der Waals surface area contributed by atoms with Crippen LogP contribution in [0.3, 0.4) is 0 Å². The van der Waals surface area contributed by atoms with Crippen molar-refractivity contribution in [2.45, 2.75) is 37.2 Å². The number of ether oxygens (including phenoxy) is 4. The highest BCUT2D eigenvalue weighted by Gasteiger charge is 2.65. The maximum Gasteiger partial charge on any atom is 0.465 e. The van der Waals surface area contributed by atoms with E-state index in [0.717, 1.165) is 6.92 Å². The van der Waals surface area contributed by atoms with Gasteiger partial charge in [-0.3, -0.25) is 0 Å². The molecular formula is C13H14F10O6. The quantitative estimate of drug-likeness (QED) is 0.271. The molecule has 0 aliphatic heterocycles. The van der Waals surface area contributed by atoms with Crippen molar-refractivity contribution in [2.75, 3.05) is 33.0 Å². The highest BCUT2D eigenvalue weighted by atomic mass is 19.4. The average molecular weight is 456 g/mol. The molecule has 0 amide bonds. The summed E-state index contributed by atoms with van der Waals surface area (Å²) in [5.41, 5.74) is 0. The van der Waals surface area contributed by atoms with E-state index in [4.69, 9.17) is 4.74 Å². The molecule has 0 aliphatic carbocycles. The molecule has 0 aromatic heterocycles. The SMILES string of the molecule is CC(COC(=O)C(F)(F)C(F)(F)F)OCCOCCOC(=O)C(F)(F)C(F)(F)F. The van der Waals surface area contributed by atoms with Crippen molar-refractivity contribution in [1.29, 1.82) is 0 Å². The Morgan fingerprint density at radius 3 is 1.55 bits per heavy atom. The van der Waals surface area contributed by atoms with Crippen LogP contribution in [0.15, 0.2) is 0 Å². The third kappa shape index (κ3) is 8.20. The van der Waals surface area contributed by atoms with Gasteiger partial charge >= 0.3 is 36.1 Å². The highest BCUT2D eigenvalue weighted by molar-refractivity contribution is 5.79. The molecule has 0 saturated heterocycles. The van der Waals surface area contributed by atoms with E-state index in [1.165, 1.54) is 0 Å². The summed E-state index contributed by atoms with van der Waals surface area (Å²) < 4.78 is 138. The van der Waals surface area contributed by atoms with Crippen LogP contribution >= 0.6 is 0 Å². The molecule has 0 rings (SSSR count). The van der Waals surface area contributed by atoms with E-state index < -0.39 is 62.1 Å². The summed E-state index contributed by atoms with van der Waals surface area (Å²) in [6, 6.07) is 0. The first-order chi connectivity index (χ1) is 12.9. The van der Waals surface area contributed by atoms with Gasteiger partial charge in [0.05, 0.1) is 25.9 Å². The van der Waals surface area contributed by atoms with Gasteiger partial charge in [-0.25, -0.2) is 9.59 Å². The van der Waals surface area contributed by atoms with Crippen LogP contribution in [0.1, 0.15) is 6.92 Å². The third-order valence-electron chi connectivity index (χ3n) is 2.76. The minimum Gasteiger partial charge on any atom is -0.459 e. The fraction of sp³-hybridized carbons (Fsp3) is 0.846. The number of carbonyl (C=O) groups excluding carboxylic acids is 2. The highest BCUT2D eigenvalue weighted by Crippen LogP contribution is 2.37. The number of hydrogen-bond acceptors (Lipinski definition) is 6. The number of esters is 2. The van der Waals surface area contributed by atoms with Gasteiger partial charge in [0, 0.05) is 0 Å². The van der Waals surface area contributed by atoms with Crippen molar-refractivity contribution < 1.29 is 72.4 Å². The van der Waals surface area contributed by atoms with Gasteiger partial charge in [0.1, 0.15) is 13.2 Å². The van der Waals surface area contributed by atoms with Crippen molar-refractivity contribution in [3.05, 3.63) is 0 Å². The largest absolute Gasteiger partial charge is 0.465 e. The van der Waals surface area contributed by atoms with Gasteiger partial charge in [0.15, 0.2) is 0 Å². The van der Waals surface area contributed by atoms with E-state index in [2.05, 4.69) is 14.2 Å². The summed E-state index contributed by atoms with van der Waals surface area (Å²) in [6.07, 6.45) is -13.4. The van der Waals surface area contributed by atoms with Gasteiger partial charge in [-0.1, -0.05) is 0 Å². The van der Waals surface area contributed by atoms with Crippen LogP contribution in [0.2, 0.25) is 0 Å². The molecule has 0 N–H and O–H groups in total. The van der Waals surface area contributed by atoms with Crippen molar-refractivity contribution in [3.63, 3.8) is 0 Å². The summed E-state index contributed by atoms with van der Waals surface area (Å²) in [5, 5.41) is 0. The third-order valence-corrected chi connectivity index (χ3v) is 2.76.